The van der Waals surface area contributed by atoms with Gasteiger partial charge in [0.2, 0.25) is 0 Å². The van der Waals surface area contributed by atoms with E-state index >= 15 is 0 Å². The highest BCUT2D eigenvalue weighted by atomic mass is 32.2. The summed E-state index contributed by atoms with van der Waals surface area (Å²) < 4.78 is 22.9. The van der Waals surface area contributed by atoms with E-state index in [1.54, 1.807) is 30.3 Å². The van der Waals surface area contributed by atoms with E-state index in [1.165, 1.54) is 12.2 Å². The summed E-state index contributed by atoms with van der Waals surface area (Å²) >= 11 is 0. The van der Waals surface area contributed by atoms with Gasteiger partial charge >= 0.3 is 0 Å². The van der Waals surface area contributed by atoms with Gasteiger partial charge in [-0.15, -0.1) is 0 Å². The molecule has 1 rings (SSSR count). The van der Waals surface area contributed by atoms with Crippen molar-refractivity contribution in [3.63, 3.8) is 0 Å². The molecule has 13 heavy (non-hydrogen) atoms. The fourth-order valence-corrected chi connectivity index (χ4v) is 1.86. The molecule has 0 radical (unpaired) electrons. The molecule has 0 aromatic heterocycles. The molecule has 0 aliphatic carbocycles. The Bertz CT molecular complexity index is 402. The highest BCUT2D eigenvalue weighted by Crippen LogP contribution is 2.10. The zero-order valence-corrected chi connectivity index (χ0v) is 7.87. The molecule has 0 saturated carbocycles. The first-order chi connectivity index (χ1) is 6.17. The number of allylic oxidation sites excluding steroid dienone is 2. The van der Waals surface area contributed by atoms with Crippen LogP contribution in [0.25, 0.3) is 0 Å². The molecule has 0 N–H and O–H groups in total. The lowest BCUT2D eigenvalue weighted by molar-refractivity contribution is 0.604. The fraction of sp³-hybridized carbons (Fsp3) is 0. The third kappa shape index (κ3) is 2.56. The van der Waals surface area contributed by atoms with E-state index in [0.717, 1.165) is 5.41 Å². The van der Waals surface area contributed by atoms with Crippen molar-refractivity contribution in [2.24, 2.45) is 0 Å². The second kappa shape index (κ2) is 4.05. The van der Waals surface area contributed by atoms with E-state index in [0.29, 0.717) is 4.90 Å². The number of hydrogen-bond acceptors (Lipinski definition) is 2. The van der Waals surface area contributed by atoms with E-state index in [-0.39, 0.29) is 0 Å². The molecule has 0 amide bonds. The van der Waals surface area contributed by atoms with E-state index in [2.05, 4.69) is 6.58 Å². The molecule has 3 heteroatoms. The molecule has 0 aliphatic rings. The predicted molar refractivity (Wildman–Crippen MR) is 53.0 cm³/mol. The average Bonchev–Trinajstić information content (AvgIpc) is 2.16. The third-order valence-corrected chi connectivity index (χ3v) is 2.91. The lowest BCUT2D eigenvalue weighted by Crippen LogP contribution is -1.94. The van der Waals surface area contributed by atoms with Gasteiger partial charge in [-0.05, 0) is 12.1 Å². The number of rotatable bonds is 3. The molecule has 0 atom stereocenters. The van der Waals surface area contributed by atoms with Crippen LogP contribution in [0.5, 0.6) is 0 Å². The summed E-state index contributed by atoms with van der Waals surface area (Å²) in [4.78, 5) is 0.299. The Morgan fingerprint density at radius 2 is 1.77 bits per heavy atom. The van der Waals surface area contributed by atoms with E-state index in [9.17, 15) is 8.42 Å². The van der Waals surface area contributed by atoms with Crippen molar-refractivity contribution in [3.8, 4) is 0 Å². The second-order valence-electron chi connectivity index (χ2n) is 2.42. The molecule has 2 nitrogen and oxygen atoms in total. The Balaban J connectivity index is 3.09. The van der Waals surface area contributed by atoms with Gasteiger partial charge in [0.15, 0.2) is 9.84 Å². The van der Waals surface area contributed by atoms with Crippen molar-refractivity contribution >= 4 is 9.84 Å². The van der Waals surface area contributed by atoms with Crippen LogP contribution in [0.3, 0.4) is 0 Å². The maximum Gasteiger partial charge on any atom is 0.199 e. The molecule has 0 spiro atoms. The van der Waals surface area contributed by atoms with Gasteiger partial charge in [0.1, 0.15) is 0 Å². The van der Waals surface area contributed by atoms with Crippen LogP contribution in [0.2, 0.25) is 0 Å². The first-order valence-corrected chi connectivity index (χ1v) is 5.31. The second-order valence-corrected chi connectivity index (χ2v) is 4.26. The van der Waals surface area contributed by atoms with Gasteiger partial charge in [-0.2, -0.15) is 0 Å². The molecule has 0 unspecified atom stereocenters. The summed E-state index contributed by atoms with van der Waals surface area (Å²) in [5.74, 6) is 0. The monoisotopic (exact) mass is 194 g/mol. The van der Waals surface area contributed by atoms with E-state index < -0.39 is 9.84 Å². The predicted octanol–water partition coefficient (Wildman–Crippen LogP) is 2.16. The van der Waals surface area contributed by atoms with Crippen LogP contribution in [-0.4, -0.2) is 8.42 Å². The Hall–Kier alpha value is -1.35. The first-order valence-electron chi connectivity index (χ1n) is 3.76. The van der Waals surface area contributed by atoms with Gasteiger partial charge in [-0.1, -0.05) is 36.9 Å². The van der Waals surface area contributed by atoms with Gasteiger partial charge in [0.05, 0.1) is 4.90 Å². The molecular formula is C10H10O2S. The smallest absolute Gasteiger partial charge is 0.199 e. The third-order valence-electron chi connectivity index (χ3n) is 1.47. The van der Waals surface area contributed by atoms with E-state index in [4.69, 9.17) is 0 Å². The van der Waals surface area contributed by atoms with Crippen LogP contribution in [0.4, 0.5) is 0 Å². The molecule has 0 heterocycles. The minimum absolute atomic E-state index is 0.299. The summed E-state index contributed by atoms with van der Waals surface area (Å²) in [7, 11) is -3.27. The van der Waals surface area contributed by atoms with Crippen molar-refractivity contribution in [1.82, 2.24) is 0 Å². The molecule has 0 bridgehead atoms. The van der Waals surface area contributed by atoms with E-state index in [1.807, 2.05) is 0 Å². The molecule has 68 valence electrons. The Kier molecular flexibility index (Phi) is 3.03. The zero-order chi connectivity index (χ0) is 9.73. The largest absolute Gasteiger partial charge is 0.219 e. The van der Waals surface area contributed by atoms with Gasteiger partial charge < -0.3 is 0 Å². The standard InChI is InChI=1S/C10H10O2S/c1-2-3-9-13(11,12)10-7-5-4-6-8-10/h2-9H,1H2/b9-3+. The SMILES string of the molecule is C=C/C=C/S(=O)(=O)c1ccccc1. The highest BCUT2D eigenvalue weighted by molar-refractivity contribution is 7.94. The minimum atomic E-state index is -3.27. The number of sulfone groups is 1. The zero-order valence-electron chi connectivity index (χ0n) is 7.05. The Labute approximate surface area is 78.1 Å². The average molecular weight is 194 g/mol. The van der Waals surface area contributed by atoms with Crippen LogP contribution in [-0.2, 0) is 9.84 Å². The minimum Gasteiger partial charge on any atom is -0.219 e. The highest BCUT2D eigenvalue weighted by Gasteiger charge is 2.07. The molecule has 0 aliphatic heterocycles. The molecule has 1 aromatic carbocycles. The first kappa shape index (κ1) is 9.74. The fourth-order valence-electron chi connectivity index (χ4n) is 0.848. The summed E-state index contributed by atoms with van der Waals surface area (Å²) in [6.45, 7) is 3.41. The summed E-state index contributed by atoms with van der Waals surface area (Å²) in [6.07, 6.45) is 2.84. The number of hydrogen-bond donors (Lipinski definition) is 0. The Morgan fingerprint density at radius 3 is 2.31 bits per heavy atom. The summed E-state index contributed by atoms with van der Waals surface area (Å²) in [5, 5.41) is 1.13. The van der Waals surface area contributed by atoms with Crippen LogP contribution in [0.15, 0.2) is 59.4 Å². The Morgan fingerprint density at radius 1 is 1.15 bits per heavy atom. The van der Waals surface area contributed by atoms with Gasteiger partial charge in [-0.3, -0.25) is 0 Å². The summed E-state index contributed by atoms with van der Waals surface area (Å²) in [5.41, 5.74) is 0. The van der Waals surface area contributed by atoms with Crippen LogP contribution >= 0.6 is 0 Å². The van der Waals surface area contributed by atoms with Crippen molar-refractivity contribution in [1.29, 1.82) is 0 Å². The van der Waals surface area contributed by atoms with Crippen molar-refractivity contribution < 1.29 is 8.42 Å². The normalized spacial score (nSPS) is 11.7. The van der Waals surface area contributed by atoms with Crippen LogP contribution < -0.4 is 0 Å². The lowest BCUT2D eigenvalue weighted by atomic mass is 10.4. The van der Waals surface area contributed by atoms with Gasteiger partial charge in [0.25, 0.3) is 0 Å². The molecule has 0 saturated heterocycles. The summed E-state index contributed by atoms with van der Waals surface area (Å²) in [6, 6.07) is 8.27. The van der Waals surface area contributed by atoms with Crippen LogP contribution in [0, 0.1) is 0 Å². The lowest BCUT2D eigenvalue weighted by Gasteiger charge is -1.96. The molecule has 0 fully saturated rings. The van der Waals surface area contributed by atoms with Gasteiger partial charge in [0, 0.05) is 5.41 Å². The molecule has 1 aromatic rings. The molecular weight excluding hydrogens is 184 g/mol. The van der Waals surface area contributed by atoms with Crippen molar-refractivity contribution in [2.75, 3.05) is 0 Å². The quantitative estimate of drug-likeness (QED) is 0.691. The van der Waals surface area contributed by atoms with Crippen molar-refractivity contribution in [3.05, 3.63) is 54.5 Å². The van der Waals surface area contributed by atoms with Crippen LogP contribution in [0.1, 0.15) is 0 Å². The van der Waals surface area contributed by atoms with Crippen molar-refractivity contribution in [2.45, 2.75) is 4.90 Å². The van der Waals surface area contributed by atoms with Gasteiger partial charge in [-0.25, -0.2) is 8.42 Å². The maximum absolute atomic E-state index is 11.5. The topological polar surface area (TPSA) is 34.1 Å². The number of benzene rings is 1. The maximum atomic E-state index is 11.5.